The molecule has 2 heterocycles. The highest BCUT2D eigenvalue weighted by Crippen LogP contribution is 2.29. The smallest absolute Gasteiger partial charge is 0.266 e. The number of benzene rings is 2. The Morgan fingerprint density at radius 2 is 1.55 bits per heavy atom. The topological polar surface area (TPSA) is 51.8 Å². The molecule has 0 saturated heterocycles. The number of rotatable bonds is 2. The SMILES string of the molecule is Brc1ccccc1-c1nnc(-c2ccc3ccccc3n2)o1. The Morgan fingerprint density at radius 1 is 0.773 bits per heavy atom. The van der Waals surface area contributed by atoms with Gasteiger partial charge in [-0.2, -0.15) is 0 Å². The Labute approximate surface area is 135 Å². The Hall–Kier alpha value is -2.53. The second-order valence-corrected chi connectivity index (χ2v) is 5.64. The van der Waals surface area contributed by atoms with E-state index in [-0.39, 0.29) is 0 Å². The number of fused-ring (bicyclic) bond motifs is 1. The largest absolute Gasteiger partial charge is 0.415 e. The van der Waals surface area contributed by atoms with Crippen LogP contribution in [0.5, 0.6) is 0 Å². The summed E-state index contributed by atoms with van der Waals surface area (Å²) < 4.78 is 6.68. The first kappa shape index (κ1) is 13.2. The maximum atomic E-state index is 5.77. The first-order valence-corrected chi connectivity index (χ1v) is 7.55. The van der Waals surface area contributed by atoms with Crippen molar-refractivity contribution in [3.8, 4) is 23.0 Å². The fraction of sp³-hybridized carbons (Fsp3) is 0. The third kappa shape index (κ3) is 2.29. The summed E-state index contributed by atoms with van der Waals surface area (Å²) >= 11 is 3.49. The summed E-state index contributed by atoms with van der Waals surface area (Å²) in [6.45, 7) is 0. The molecular weight excluding hydrogens is 342 g/mol. The third-order valence-electron chi connectivity index (χ3n) is 3.35. The number of pyridine rings is 1. The standard InChI is InChI=1S/C17H10BrN3O/c18-13-7-3-2-6-12(13)16-20-21-17(22-16)15-10-9-11-5-1-4-8-14(11)19-15/h1-10H. The van der Waals surface area contributed by atoms with Gasteiger partial charge >= 0.3 is 0 Å². The van der Waals surface area contributed by atoms with Crippen molar-refractivity contribution in [3.63, 3.8) is 0 Å². The molecule has 0 aliphatic rings. The lowest BCUT2D eigenvalue weighted by Gasteiger charge is -1.99. The van der Waals surface area contributed by atoms with Crippen molar-refractivity contribution < 1.29 is 4.42 Å². The summed E-state index contributed by atoms with van der Waals surface area (Å²) in [6.07, 6.45) is 0. The lowest BCUT2D eigenvalue weighted by molar-refractivity contribution is 0.582. The summed E-state index contributed by atoms with van der Waals surface area (Å²) in [6, 6.07) is 19.5. The molecule has 5 heteroatoms. The van der Waals surface area contributed by atoms with Crippen LogP contribution in [0.25, 0.3) is 33.9 Å². The minimum absolute atomic E-state index is 0.413. The van der Waals surface area contributed by atoms with Gasteiger partial charge in [-0.15, -0.1) is 10.2 Å². The minimum atomic E-state index is 0.413. The summed E-state index contributed by atoms with van der Waals surface area (Å²) in [7, 11) is 0. The lowest BCUT2D eigenvalue weighted by atomic mass is 10.2. The zero-order valence-corrected chi connectivity index (χ0v) is 13.0. The van der Waals surface area contributed by atoms with Crippen LogP contribution in [0.4, 0.5) is 0 Å². The Kier molecular flexibility index (Phi) is 3.20. The summed E-state index contributed by atoms with van der Waals surface area (Å²) in [5.74, 6) is 0.883. The van der Waals surface area contributed by atoms with E-state index in [0.717, 1.165) is 20.9 Å². The van der Waals surface area contributed by atoms with Crippen molar-refractivity contribution in [1.82, 2.24) is 15.2 Å². The minimum Gasteiger partial charge on any atom is -0.415 e. The number of hydrogen-bond acceptors (Lipinski definition) is 4. The summed E-state index contributed by atoms with van der Waals surface area (Å²) in [5, 5.41) is 9.31. The maximum absolute atomic E-state index is 5.77. The molecule has 0 spiro atoms. The van der Waals surface area contributed by atoms with Gasteiger partial charge in [0.2, 0.25) is 5.89 Å². The van der Waals surface area contributed by atoms with Gasteiger partial charge in [0.25, 0.3) is 5.89 Å². The van der Waals surface area contributed by atoms with E-state index in [9.17, 15) is 0 Å². The van der Waals surface area contributed by atoms with Gasteiger partial charge in [-0.25, -0.2) is 4.98 Å². The summed E-state index contributed by atoms with van der Waals surface area (Å²) in [5.41, 5.74) is 2.44. The first-order valence-electron chi connectivity index (χ1n) is 6.76. The van der Waals surface area contributed by atoms with Crippen LogP contribution < -0.4 is 0 Å². The van der Waals surface area contributed by atoms with Gasteiger partial charge in [0, 0.05) is 9.86 Å². The van der Waals surface area contributed by atoms with Crippen molar-refractivity contribution in [1.29, 1.82) is 0 Å². The van der Waals surface area contributed by atoms with Crippen molar-refractivity contribution in [2.75, 3.05) is 0 Å². The Morgan fingerprint density at radius 3 is 2.45 bits per heavy atom. The molecule has 0 amide bonds. The molecule has 0 fully saturated rings. The van der Waals surface area contributed by atoms with Crippen LogP contribution in [0, 0.1) is 0 Å². The van der Waals surface area contributed by atoms with E-state index in [2.05, 4.69) is 31.1 Å². The molecule has 0 saturated carbocycles. The molecule has 0 aliphatic heterocycles. The lowest BCUT2D eigenvalue weighted by Crippen LogP contribution is -1.84. The van der Waals surface area contributed by atoms with Crippen molar-refractivity contribution in [2.45, 2.75) is 0 Å². The van der Waals surface area contributed by atoms with Gasteiger partial charge in [0.05, 0.1) is 11.1 Å². The van der Waals surface area contributed by atoms with E-state index in [1.807, 2.05) is 60.7 Å². The fourth-order valence-corrected chi connectivity index (χ4v) is 2.71. The van der Waals surface area contributed by atoms with Crippen LogP contribution >= 0.6 is 15.9 Å². The molecule has 2 aromatic carbocycles. The number of halogens is 1. The third-order valence-corrected chi connectivity index (χ3v) is 4.04. The predicted molar refractivity (Wildman–Crippen MR) is 88.2 cm³/mol. The van der Waals surface area contributed by atoms with Crippen LogP contribution in [0.15, 0.2) is 69.6 Å². The molecule has 4 aromatic rings. The van der Waals surface area contributed by atoms with E-state index >= 15 is 0 Å². The van der Waals surface area contributed by atoms with Gasteiger partial charge in [-0.1, -0.05) is 36.4 Å². The van der Waals surface area contributed by atoms with Gasteiger partial charge < -0.3 is 4.42 Å². The molecule has 0 bridgehead atoms. The molecule has 0 radical (unpaired) electrons. The van der Waals surface area contributed by atoms with E-state index in [4.69, 9.17) is 4.42 Å². The molecule has 0 aliphatic carbocycles. The number of hydrogen-bond donors (Lipinski definition) is 0. The normalized spacial score (nSPS) is 11.0. The highest BCUT2D eigenvalue weighted by Gasteiger charge is 2.13. The fourth-order valence-electron chi connectivity index (χ4n) is 2.26. The van der Waals surface area contributed by atoms with Crippen molar-refractivity contribution >= 4 is 26.8 Å². The van der Waals surface area contributed by atoms with Gasteiger partial charge in [-0.05, 0) is 40.2 Å². The predicted octanol–water partition coefficient (Wildman–Crippen LogP) is 4.71. The van der Waals surface area contributed by atoms with E-state index in [1.165, 1.54) is 0 Å². The molecular formula is C17H10BrN3O. The average molecular weight is 352 g/mol. The average Bonchev–Trinajstić information content (AvgIpc) is 3.04. The molecule has 106 valence electrons. The molecule has 4 nitrogen and oxygen atoms in total. The quantitative estimate of drug-likeness (QED) is 0.524. The van der Waals surface area contributed by atoms with Crippen LogP contribution in [0.2, 0.25) is 0 Å². The van der Waals surface area contributed by atoms with Crippen LogP contribution in [0.3, 0.4) is 0 Å². The molecule has 0 N–H and O–H groups in total. The van der Waals surface area contributed by atoms with Gasteiger partial charge in [0.1, 0.15) is 5.69 Å². The number of aromatic nitrogens is 3. The number of nitrogens with zero attached hydrogens (tertiary/aromatic N) is 3. The monoisotopic (exact) mass is 351 g/mol. The zero-order valence-electron chi connectivity index (χ0n) is 11.4. The van der Waals surface area contributed by atoms with E-state index in [1.54, 1.807) is 0 Å². The molecule has 22 heavy (non-hydrogen) atoms. The highest BCUT2D eigenvalue weighted by molar-refractivity contribution is 9.10. The Balaban J connectivity index is 1.78. The second-order valence-electron chi connectivity index (χ2n) is 4.78. The molecule has 0 atom stereocenters. The van der Waals surface area contributed by atoms with E-state index in [0.29, 0.717) is 17.5 Å². The molecule has 4 rings (SSSR count). The summed E-state index contributed by atoms with van der Waals surface area (Å²) in [4.78, 5) is 4.57. The van der Waals surface area contributed by atoms with Crippen molar-refractivity contribution in [3.05, 3.63) is 65.1 Å². The van der Waals surface area contributed by atoms with Gasteiger partial charge in [-0.3, -0.25) is 0 Å². The van der Waals surface area contributed by atoms with E-state index < -0.39 is 0 Å². The van der Waals surface area contributed by atoms with Gasteiger partial charge in [0.15, 0.2) is 0 Å². The highest BCUT2D eigenvalue weighted by atomic mass is 79.9. The van der Waals surface area contributed by atoms with Crippen molar-refractivity contribution in [2.24, 2.45) is 0 Å². The van der Waals surface area contributed by atoms with Crippen LogP contribution in [-0.4, -0.2) is 15.2 Å². The maximum Gasteiger partial charge on any atom is 0.266 e. The van der Waals surface area contributed by atoms with Crippen LogP contribution in [-0.2, 0) is 0 Å². The van der Waals surface area contributed by atoms with Crippen LogP contribution in [0.1, 0.15) is 0 Å². The second kappa shape index (κ2) is 5.35. The number of para-hydroxylation sites is 1. The first-order chi connectivity index (χ1) is 10.8. The zero-order chi connectivity index (χ0) is 14.9. The molecule has 2 aromatic heterocycles. The Bertz CT molecular complexity index is 965. The molecule has 0 unspecified atom stereocenters.